The highest BCUT2D eigenvalue weighted by Gasteiger charge is 2.45. The van der Waals surface area contributed by atoms with Crippen LogP contribution in [0, 0.1) is 13.8 Å². The maximum atomic E-state index is 13.1. The Morgan fingerprint density at radius 1 is 1.43 bits per heavy atom. The van der Waals surface area contributed by atoms with E-state index in [9.17, 15) is 13.2 Å². The molecule has 1 fully saturated rings. The average molecular weight is 456 g/mol. The predicted molar refractivity (Wildman–Crippen MR) is 119 cm³/mol. The molecule has 0 aliphatic carbocycles. The van der Waals surface area contributed by atoms with Gasteiger partial charge in [0.1, 0.15) is 11.9 Å². The lowest BCUT2D eigenvalue weighted by molar-refractivity contribution is -0.177. The van der Waals surface area contributed by atoms with E-state index in [2.05, 4.69) is 27.0 Å². The van der Waals surface area contributed by atoms with E-state index < -0.39 is 12.2 Å². The van der Waals surface area contributed by atoms with Gasteiger partial charge < -0.3 is 5.32 Å². The number of aliphatic imine (C=N–C) groups is 1. The number of hydrogen-bond acceptors (Lipinski definition) is 7. The molecule has 1 atom stereocenters. The van der Waals surface area contributed by atoms with Crippen LogP contribution in [0.5, 0.6) is 0 Å². The van der Waals surface area contributed by atoms with Gasteiger partial charge in [-0.1, -0.05) is 6.07 Å². The van der Waals surface area contributed by atoms with E-state index in [0.29, 0.717) is 24.7 Å². The molecule has 0 amide bonds. The van der Waals surface area contributed by atoms with Gasteiger partial charge in [0.2, 0.25) is 0 Å². The molecule has 30 heavy (non-hydrogen) atoms. The predicted octanol–water partition coefficient (Wildman–Crippen LogP) is 5.48. The van der Waals surface area contributed by atoms with Crippen LogP contribution in [0.15, 0.2) is 28.7 Å². The van der Waals surface area contributed by atoms with Crippen molar-refractivity contribution in [1.82, 2.24) is 14.9 Å². The molecule has 1 aliphatic rings. The first-order valence-corrected chi connectivity index (χ1v) is 11.4. The van der Waals surface area contributed by atoms with Crippen molar-refractivity contribution in [3.63, 3.8) is 0 Å². The minimum Gasteiger partial charge on any atom is -0.361 e. The second-order valence-corrected chi connectivity index (χ2v) is 9.08. The van der Waals surface area contributed by atoms with Crippen molar-refractivity contribution in [3.05, 3.63) is 44.9 Å². The van der Waals surface area contributed by atoms with Gasteiger partial charge in [0, 0.05) is 12.7 Å². The highest BCUT2D eigenvalue weighted by atomic mass is 32.2. The van der Waals surface area contributed by atoms with Gasteiger partial charge >= 0.3 is 6.18 Å². The number of thioether (sulfide) groups is 1. The molecule has 3 heterocycles. The van der Waals surface area contributed by atoms with E-state index in [-0.39, 0.29) is 13.0 Å². The number of halogens is 3. The zero-order valence-corrected chi connectivity index (χ0v) is 18.5. The number of rotatable bonds is 8. The summed E-state index contributed by atoms with van der Waals surface area (Å²) >= 11 is 3.11. The number of pyridine rings is 1. The number of anilines is 1. The molecule has 0 unspecified atom stereocenters. The topological polar surface area (TPSA) is 53.4 Å². The van der Waals surface area contributed by atoms with Gasteiger partial charge in [0.25, 0.3) is 0 Å². The number of alkyl halides is 3. The van der Waals surface area contributed by atoms with Crippen LogP contribution in [0.1, 0.15) is 34.0 Å². The minimum absolute atomic E-state index is 0.170. The fourth-order valence-corrected chi connectivity index (χ4v) is 5.05. The molecular formula is C20H24F3N5S2. The lowest BCUT2D eigenvalue weighted by Gasteiger charge is -2.26. The molecule has 5 nitrogen and oxygen atoms in total. The summed E-state index contributed by atoms with van der Waals surface area (Å²) in [4.78, 5) is 15.3. The lowest BCUT2D eigenvalue weighted by Crippen LogP contribution is -2.40. The summed E-state index contributed by atoms with van der Waals surface area (Å²) < 4.78 is 39.2. The van der Waals surface area contributed by atoms with Crippen molar-refractivity contribution >= 4 is 41.3 Å². The Kier molecular flexibility index (Phi) is 7.54. The third kappa shape index (κ3) is 5.83. The highest BCUT2D eigenvalue weighted by molar-refractivity contribution is 8.02. The van der Waals surface area contributed by atoms with Crippen LogP contribution >= 0.6 is 23.1 Å². The Bertz CT molecular complexity index is 893. The molecule has 0 saturated carbocycles. The van der Waals surface area contributed by atoms with Crippen molar-refractivity contribution in [1.29, 1.82) is 0 Å². The Morgan fingerprint density at radius 3 is 2.83 bits per heavy atom. The maximum Gasteiger partial charge on any atom is 0.404 e. The molecule has 0 aromatic carbocycles. The maximum absolute atomic E-state index is 13.1. The van der Waals surface area contributed by atoms with Crippen LogP contribution < -0.4 is 5.32 Å². The summed E-state index contributed by atoms with van der Waals surface area (Å²) in [7, 11) is 0. The van der Waals surface area contributed by atoms with Crippen molar-refractivity contribution in [2.24, 2.45) is 4.99 Å². The van der Waals surface area contributed by atoms with E-state index in [0.717, 1.165) is 26.8 Å². The van der Waals surface area contributed by atoms with Crippen LogP contribution in [0.4, 0.5) is 19.0 Å². The standard InChI is InChI=1S/C20H24F3N5S2/c1-13-19(30-14(2)27-13)16(24-3)11-29-12-26-18-7-6-15(9-25-18)10-28-8-4-5-17(28)20(21,22)23/h6-7,9,11,17H,3-5,8,10,12H2,1-2H3,(H,25,26)/b16-11-/t17-/m0/s1. The van der Waals surface area contributed by atoms with E-state index in [1.165, 1.54) is 16.7 Å². The average Bonchev–Trinajstić information content (AvgIpc) is 3.29. The number of hydrogen-bond donors (Lipinski definition) is 1. The van der Waals surface area contributed by atoms with Gasteiger partial charge in [-0.3, -0.25) is 9.89 Å². The summed E-state index contributed by atoms with van der Waals surface area (Å²) in [6.45, 7) is 8.27. The lowest BCUT2D eigenvalue weighted by atomic mass is 10.2. The second kappa shape index (κ2) is 9.93. The van der Waals surface area contributed by atoms with Crippen molar-refractivity contribution in [2.45, 2.75) is 45.5 Å². The first-order valence-electron chi connectivity index (χ1n) is 9.50. The van der Waals surface area contributed by atoms with Crippen LogP contribution in [0.2, 0.25) is 0 Å². The van der Waals surface area contributed by atoms with Gasteiger partial charge in [-0.15, -0.1) is 23.1 Å². The number of likely N-dealkylation sites (tertiary alicyclic amines) is 1. The van der Waals surface area contributed by atoms with Crippen LogP contribution in [-0.2, 0) is 6.54 Å². The molecule has 0 bridgehead atoms. The van der Waals surface area contributed by atoms with Gasteiger partial charge in [0.05, 0.1) is 27.2 Å². The fraction of sp³-hybridized carbons (Fsp3) is 0.450. The molecule has 2 aromatic rings. The van der Waals surface area contributed by atoms with E-state index in [1.807, 2.05) is 25.3 Å². The monoisotopic (exact) mass is 455 g/mol. The summed E-state index contributed by atoms with van der Waals surface area (Å²) in [6, 6.07) is 2.26. The zero-order chi connectivity index (χ0) is 21.7. The molecule has 0 radical (unpaired) electrons. The molecule has 10 heteroatoms. The first-order chi connectivity index (χ1) is 14.3. The van der Waals surface area contributed by atoms with Gasteiger partial charge in [-0.25, -0.2) is 9.97 Å². The smallest absolute Gasteiger partial charge is 0.361 e. The van der Waals surface area contributed by atoms with Crippen molar-refractivity contribution < 1.29 is 13.2 Å². The molecule has 2 aromatic heterocycles. The Morgan fingerprint density at radius 2 is 2.23 bits per heavy atom. The number of nitrogens with zero attached hydrogens (tertiary/aromatic N) is 4. The van der Waals surface area contributed by atoms with Gasteiger partial charge in [-0.2, -0.15) is 13.2 Å². The Labute approximate surface area is 182 Å². The van der Waals surface area contributed by atoms with E-state index in [4.69, 9.17) is 0 Å². The number of aromatic nitrogens is 2. The third-order valence-electron chi connectivity index (χ3n) is 4.79. The zero-order valence-electron chi connectivity index (χ0n) is 16.9. The fourth-order valence-electron chi connectivity index (χ4n) is 3.41. The molecular weight excluding hydrogens is 431 g/mol. The molecule has 162 valence electrons. The number of aryl methyl sites for hydroxylation is 2. The van der Waals surface area contributed by atoms with Gasteiger partial charge in [-0.05, 0) is 57.0 Å². The molecule has 1 saturated heterocycles. The quantitative estimate of drug-likeness (QED) is 0.324. The summed E-state index contributed by atoms with van der Waals surface area (Å²) in [5.74, 6) is 1.25. The van der Waals surface area contributed by atoms with E-state index in [1.54, 1.807) is 23.6 Å². The summed E-state index contributed by atoms with van der Waals surface area (Å²) in [6.07, 6.45) is -1.80. The largest absolute Gasteiger partial charge is 0.404 e. The summed E-state index contributed by atoms with van der Waals surface area (Å²) in [5, 5.41) is 6.10. The summed E-state index contributed by atoms with van der Waals surface area (Å²) in [5.41, 5.74) is 2.50. The molecule has 0 spiro atoms. The van der Waals surface area contributed by atoms with Crippen molar-refractivity contribution in [3.8, 4) is 0 Å². The van der Waals surface area contributed by atoms with Crippen LogP contribution in [0.3, 0.4) is 0 Å². The first kappa shape index (κ1) is 22.8. The third-order valence-corrected chi connectivity index (χ3v) is 6.59. The Balaban J connectivity index is 1.51. The van der Waals surface area contributed by atoms with Crippen LogP contribution in [0.25, 0.3) is 5.70 Å². The normalized spacial score (nSPS) is 18.0. The van der Waals surface area contributed by atoms with E-state index >= 15 is 0 Å². The molecule has 3 rings (SSSR count). The van der Waals surface area contributed by atoms with Gasteiger partial charge in [0.15, 0.2) is 0 Å². The highest BCUT2D eigenvalue weighted by Crippen LogP contribution is 2.33. The number of nitrogens with one attached hydrogen (secondary N) is 1. The van der Waals surface area contributed by atoms with Crippen molar-refractivity contribution in [2.75, 3.05) is 17.7 Å². The molecule has 1 aliphatic heterocycles. The molecule has 1 N–H and O–H groups in total. The Hall–Kier alpha value is -1.91. The van der Waals surface area contributed by atoms with Crippen LogP contribution in [-0.4, -0.2) is 46.2 Å². The second-order valence-electron chi connectivity index (χ2n) is 7.02. The SMILES string of the molecule is C=N/C(=C\SCNc1ccc(CN2CCC[C@H]2C(F)(F)F)cn1)c1sc(C)nc1C. The number of thiazole rings is 1. The minimum atomic E-state index is -4.17.